The third-order valence-corrected chi connectivity index (χ3v) is 3.21. The molecule has 2 aliphatic rings. The first-order valence-electron chi connectivity index (χ1n) is 4.37. The van der Waals surface area contributed by atoms with Crippen molar-refractivity contribution < 1.29 is 15.3 Å². The van der Waals surface area contributed by atoms with Gasteiger partial charge in [0.2, 0.25) is 0 Å². The molecule has 0 spiro atoms. The number of piperidine rings is 1. The highest BCUT2D eigenvalue weighted by Crippen LogP contribution is 2.34. The molecule has 0 aromatic heterocycles. The fourth-order valence-electron chi connectivity index (χ4n) is 2.45. The van der Waals surface area contributed by atoms with E-state index >= 15 is 0 Å². The molecule has 2 rings (SSSR count). The van der Waals surface area contributed by atoms with Crippen molar-refractivity contribution in [3.8, 4) is 0 Å². The molecule has 0 aliphatic carbocycles. The highest BCUT2D eigenvalue weighted by Gasteiger charge is 2.49. The Hall–Kier alpha value is -0.160. The van der Waals surface area contributed by atoms with E-state index in [4.69, 9.17) is 0 Å². The van der Waals surface area contributed by atoms with Crippen LogP contribution >= 0.6 is 0 Å². The van der Waals surface area contributed by atoms with Gasteiger partial charge < -0.3 is 15.3 Å². The third kappa shape index (κ3) is 0.992. The van der Waals surface area contributed by atoms with Crippen LogP contribution in [0.2, 0.25) is 0 Å². The Kier molecular flexibility index (Phi) is 1.88. The summed E-state index contributed by atoms with van der Waals surface area (Å²) < 4.78 is 0. The second kappa shape index (κ2) is 2.67. The lowest BCUT2D eigenvalue weighted by molar-refractivity contribution is 0.0279. The summed E-state index contributed by atoms with van der Waals surface area (Å²) in [5.74, 6) is 0. The normalized spacial score (nSPS) is 54.5. The zero-order valence-corrected chi connectivity index (χ0v) is 7.09. The molecule has 0 radical (unpaired) electrons. The minimum absolute atomic E-state index is 0.0613. The van der Waals surface area contributed by atoms with Crippen LogP contribution in [0.1, 0.15) is 12.8 Å². The summed E-state index contributed by atoms with van der Waals surface area (Å²) in [5, 5.41) is 28.5. The average Bonchev–Trinajstić information content (AvgIpc) is 2.21. The summed E-state index contributed by atoms with van der Waals surface area (Å²) >= 11 is 0. The van der Waals surface area contributed by atoms with Crippen molar-refractivity contribution >= 4 is 0 Å². The van der Waals surface area contributed by atoms with Crippen molar-refractivity contribution in [2.45, 2.75) is 43.2 Å². The molecule has 2 bridgehead atoms. The lowest BCUT2D eigenvalue weighted by atomic mass is 10.0. The van der Waals surface area contributed by atoms with Gasteiger partial charge in [-0.3, -0.25) is 4.90 Å². The van der Waals surface area contributed by atoms with Gasteiger partial charge in [-0.05, 0) is 19.9 Å². The lowest BCUT2D eigenvalue weighted by Crippen LogP contribution is -2.44. The molecule has 5 atom stereocenters. The molecule has 0 saturated carbocycles. The number of hydrogen-bond acceptors (Lipinski definition) is 4. The SMILES string of the molecule is CN1C2CC(O)CC1[C@H](O)[C@@H]2O. The van der Waals surface area contributed by atoms with E-state index in [2.05, 4.69) is 0 Å². The quantitative estimate of drug-likeness (QED) is 0.419. The molecule has 3 N–H and O–H groups in total. The molecule has 2 saturated heterocycles. The maximum atomic E-state index is 9.55. The number of likely N-dealkylation sites (N-methyl/N-ethyl adjacent to an activating group) is 1. The summed E-state index contributed by atoms with van der Waals surface area (Å²) in [7, 11) is 1.89. The molecular weight excluding hydrogens is 158 g/mol. The van der Waals surface area contributed by atoms with Gasteiger partial charge in [-0.1, -0.05) is 0 Å². The fourth-order valence-corrected chi connectivity index (χ4v) is 2.45. The van der Waals surface area contributed by atoms with Crippen molar-refractivity contribution in [2.24, 2.45) is 0 Å². The smallest absolute Gasteiger partial charge is 0.0970 e. The van der Waals surface area contributed by atoms with Gasteiger partial charge in [0.05, 0.1) is 18.3 Å². The highest BCUT2D eigenvalue weighted by molar-refractivity contribution is 5.04. The Morgan fingerprint density at radius 2 is 1.42 bits per heavy atom. The van der Waals surface area contributed by atoms with Crippen molar-refractivity contribution in [3.05, 3.63) is 0 Å². The monoisotopic (exact) mass is 173 g/mol. The minimum Gasteiger partial charge on any atom is -0.393 e. The van der Waals surface area contributed by atoms with E-state index in [1.165, 1.54) is 0 Å². The Morgan fingerprint density at radius 1 is 1.00 bits per heavy atom. The third-order valence-electron chi connectivity index (χ3n) is 3.21. The standard InChI is InChI=1S/C8H15NO3/c1-9-5-2-4(10)3-6(9)8(12)7(5)11/h4-8,10-12H,2-3H2,1H3/t4?,5?,6?,7-,8+. The van der Waals surface area contributed by atoms with Crippen LogP contribution in [0.4, 0.5) is 0 Å². The summed E-state index contributed by atoms with van der Waals surface area (Å²) in [6.45, 7) is 0. The predicted molar refractivity (Wildman–Crippen MR) is 42.6 cm³/mol. The van der Waals surface area contributed by atoms with Gasteiger partial charge in [0.1, 0.15) is 0 Å². The molecule has 0 amide bonds. The zero-order chi connectivity index (χ0) is 8.88. The molecule has 2 aliphatic heterocycles. The van der Waals surface area contributed by atoms with E-state index in [1.54, 1.807) is 0 Å². The molecule has 0 aromatic carbocycles. The number of aliphatic hydroxyl groups is 3. The van der Waals surface area contributed by atoms with Gasteiger partial charge in [0.25, 0.3) is 0 Å². The van der Waals surface area contributed by atoms with Crippen LogP contribution < -0.4 is 0 Å². The zero-order valence-electron chi connectivity index (χ0n) is 7.09. The number of nitrogens with zero attached hydrogens (tertiary/aromatic N) is 1. The maximum absolute atomic E-state index is 9.55. The summed E-state index contributed by atoms with van der Waals surface area (Å²) in [5.41, 5.74) is 0. The van der Waals surface area contributed by atoms with Crippen LogP contribution in [0.25, 0.3) is 0 Å². The number of hydrogen-bond donors (Lipinski definition) is 3. The second-order valence-electron chi connectivity index (χ2n) is 3.91. The van der Waals surface area contributed by atoms with E-state index in [0.717, 1.165) is 0 Å². The lowest BCUT2D eigenvalue weighted by Gasteiger charge is -2.33. The van der Waals surface area contributed by atoms with Crippen molar-refractivity contribution in [1.82, 2.24) is 4.90 Å². The van der Waals surface area contributed by atoms with Crippen molar-refractivity contribution in [1.29, 1.82) is 0 Å². The van der Waals surface area contributed by atoms with E-state index in [0.29, 0.717) is 12.8 Å². The first kappa shape index (κ1) is 8.44. The summed E-state index contributed by atoms with van der Waals surface area (Å²) in [4.78, 5) is 1.97. The summed E-state index contributed by atoms with van der Waals surface area (Å²) in [6, 6.07) is -0.123. The topological polar surface area (TPSA) is 63.9 Å². The van der Waals surface area contributed by atoms with Gasteiger partial charge >= 0.3 is 0 Å². The van der Waals surface area contributed by atoms with Crippen LogP contribution in [0.5, 0.6) is 0 Å². The Balaban J connectivity index is 2.21. The van der Waals surface area contributed by atoms with Gasteiger partial charge in [-0.25, -0.2) is 0 Å². The molecule has 4 heteroatoms. The first-order valence-corrected chi connectivity index (χ1v) is 4.37. The molecule has 12 heavy (non-hydrogen) atoms. The van der Waals surface area contributed by atoms with Crippen molar-refractivity contribution in [3.63, 3.8) is 0 Å². The maximum Gasteiger partial charge on any atom is 0.0970 e. The van der Waals surface area contributed by atoms with E-state index in [-0.39, 0.29) is 18.2 Å². The highest BCUT2D eigenvalue weighted by atomic mass is 16.3. The van der Waals surface area contributed by atoms with E-state index in [1.807, 2.05) is 11.9 Å². The van der Waals surface area contributed by atoms with Crippen LogP contribution in [-0.4, -0.2) is 57.7 Å². The number of aliphatic hydroxyl groups excluding tert-OH is 3. The minimum atomic E-state index is -0.683. The average molecular weight is 173 g/mol. The van der Waals surface area contributed by atoms with Crippen LogP contribution in [0, 0.1) is 0 Å². The first-order chi connectivity index (χ1) is 5.61. The fraction of sp³-hybridized carbons (Fsp3) is 1.00. The Labute approximate surface area is 71.4 Å². The molecule has 70 valence electrons. The predicted octanol–water partition coefficient (Wildman–Crippen LogP) is -1.45. The molecule has 0 aromatic rings. The second-order valence-corrected chi connectivity index (χ2v) is 3.91. The molecule has 4 nitrogen and oxygen atoms in total. The molecular formula is C8H15NO3. The van der Waals surface area contributed by atoms with Gasteiger partial charge in [-0.15, -0.1) is 0 Å². The van der Waals surface area contributed by atoms with Crippen LogP contribution in [0.3, 0.4) is 0 Å². The van der Waals surface area contributed by atoms with Gasteiger partial charge in [-0.2, -0.15) is 0 Å². The van der Waals surface area contributed by atoms with Crippen LogP contribution in [0.15, 0.2) is 0 Å². The van der Waals surface area contributed by atoms with E-state index in [9.17, 15) is 15.3 Å². The van der Waals surface area contributed by atoms with Crippen LogP contribution in [-0.2, 0) is 0 Å². The molecule has 3 unspecified atom stereocenters. The van der Waals surface area contributed by atoms with Gasteiger partial charge in [0.15, 0.2) is 0 Å². The number of rotatable bonds is 0. The molecule has 2 heterocycles. The Bertz CT molecular complexity index is 161. The number of fused-ring (bicyclic) bond motifs is 2. The van der Waals surface area contributed by atoms with E-state index < -0.39 is 12.2 Å². The van der Waals surface area contributed by atoms with Gasteiger partial charge in [0, 0.05) is 12.1 Å². The Morgan fingerprint density at radius 3 is 1.83 bits per heavy atom. The van der Waals surface area contributed by atoms with Crippen molar-refractivity contribution in [2.75, 3.05) is 7.05 Å². The summed E-state index contributed by atoms with van der Waals surface area (Å²) in [6.07, 6.45) is -0.575. The largest absolute Gasteiger partial charge is 0.393 e. The molecule has 2 fully saturated rings.